The molecule has 0 atom stereocenters. The minimum Gasteiger partial charge on any atom is -0.481 e. The average molecular weight is 359 g/mol. The number of anilines is 1. The smallest absolute Gasteiger partial charge is 0.243 e. The van der Waals surface area contributed by atoms with Crippen LogP contribution in [0.5, 0.6) is 5.88 Å². The van der Waals surface area contributed by atoms with Gasteiger partial charge in [-0.3, -0.25) is 0 Å². The van der Waals surface area contributed by atoms with Crippen molar-refractivity contribution in [3.05, 3.63) is 42.1 Å². The molecule has 0 radical (unpaired) electrons. The minimum absolute atomic E-state index is 0.192. The fraction of sp³-hybridized carbons (Fsp3) is 0.312. The van der Waals surface area contributed by atoms with Crippen molar-refractivity contribution >= 4 is 16.0 Å². The van der Waals surface area contributed by atoms with Crippen LogP contribution in [0.3, 0.4) is 0 Å². The van der Waals surface area contributed by atoms with Crippen LogP contribution in [-0.2, 0) is 10.0 Å². The highest BCUT2D eigenvalue weighted by Crippen LogP contribution is 2.20. The number of hydrogen-bond acceptors (Lipinski definition) is 7. The quantitative estimate of drug-likeness (QED) is 0.798. The SMILES string of the molecule is COc1ccnc(N2CCN(S(=O)(=O)c3ccc(C#N)cc3)CC2)n1. The summed E-state index contributed by atoms with van der Waals surface area (Å²) in [7, 11) is -2.04. The van der Waals surface area contributed by atoms with Gasteiger partial charge in [0.15, 0.2) is 0 Å². The second kappa shape index (κ2) is 7.04. The van der Waals surface area contributed by atoms with Crippen LogP contribution in [0.1, 0.15) is 5.56 Å². The molecule has 0 bridgehead atoms. The number of ether oxygens (including phenoxy) is 1. The molecular formula is C16H17N5O3S. The minimum atomic E-state index is -3.57. The summed E-state index contributed by atoms with van der Waals surface area (Å²) in [6.45, 7) is 1.65. The molecule has 0 aliphatic carbocycles. The molecule has 1 saturated heterocycles. The summed E-state index contributed by atoms with van der Waals surface area (Å²) in [4.78, 5) is 10.6. The first-order valence-electron chi connectivity index (χ1n) is 7.67. The van der Waals surface area contributed by atoms with Crippen LogP contribution >= 0.6 is 0 Å². The molecule has 8 nitrogen and oxygen atoms in total. The lowest BCUT2D eigenvalue weighted by Gasteiger charge is -2.33. The van der Waals surface area contributed by atoms with E-state index < -0.39 is 10.0 Å². The highest BCUT2D eigenvalue weighted by atomic mass is 32.2. The molecule has 2 aromatic rings. The first-order chi connectivity index (χ1) is 12.0. The van der Waals surface area contributed by atoms with E-state index in [0.29, 0.717) is 43.6 Å². The van der Waals surface area contributed by atoms with Crippen molar-refractivity contribution in [3.8, 4) is 11.9 Å². The third kappa shape index (κ3) is 3.55. The maximum absolute atomic E-state index is 12.7. The molecule has 1 aromatic carbocycles. The molecule has 1 fully saturated rings. The van der Waals surface area contributed by atoms with Crippen LogP contribution < -0.4 is 9.64 Å². The number of hydrogen-bond donors (Lipinski definition) is 0. The monoisotopic (exact) mass is 359 g/mol. The van der Waals surface area contributed by atoms with Crippen LogP contribution in [0.25, 0.3) is 0 Å². The Labute approximate surface area is 146 Å². The van der Waals surface area contributed by atoms with Crippen LogP contribution in [0.2, 0.25) is 0 Å². The zero-order chi connectivity index (χ0) is 17.9. The van der Waals surface area contributed by atoms with Crippen LogP contribution in [0.4, 0.5) is 5.95 Å². The molecule has 0 amide bonds. The molecule has 1 aromatic heterocycles. The summed E-state index contributed by atoms with van der Waals surface area (Å²) in [5.74, 6) is 0.993. The lowest BCUT2D eigenvalue weighted by molar-refractivity contribution is 0.377. The lowest BCUT2D eigenvalue weighted by atomic mass is 10.2. The predicted octanol–water partition coefficient (Wildman–Crippen LogP) is 0.868. The number of nitrogens with zero attached hydrogens (tertiary/aromatic N) is 5. The highest BCUT2D eigenvalue weighted by Gasteiger charge is 2.29. The Bertz CT molecular complexity index is 885. The van der Waals surface area contributed by atoms with E-state index in [1.807, 2.05) is 11.0 Å². The van der Waals surface area contributed by atoms with Gasteiger partial charge >= 0.3 is 0 Å². The second-order valence-electron chi connectivity index (χ2n) is 5.43. The summed E-state index contributed by atoms with van der Waals surface area (Å²) in [5, 5.41) is 8.82. The van der Waals surface area contributed by atoms with Crippen LogP contribution in [-0.4, -0.2) is 56.0 Å². The third-order valence-electron chi connectivity index (χ3n) is 3.97. The van der Waals surface area contributed by atoms with Gasteiger partial charge in [-0.2, -0.15) is 14.6 Å². The maximum Gasteiger partial charge on any atom is 0.243 e. The van der Waals surface area contributed by atoms with E-state index in [9.17, 15) is 8.42 Å². The fourth-order valence-corrected chi connectivity index (χ4v) is 4.00. The van der Waals surface area contributed by atoms with E-state index in [0.717, 1.165) is 0 Å². The number of sulfonamides is 1. The number of benzene rings is 1. The van der Waals surface area contributed by atoms with Crippen molar-refractivity contribution in [1.82, 2.24) is 14.3 Å². The summed E-state index contributed by atoms with van der Waals surface area (Å²) < 4.78 is 31.9. The molecule has 1 aliphatic rings. The van der Waals surface area contributed by atoms with Gasteiger partial charge in [-0.25, -0.2) is 13.4 Å². The summed E-state index contributed by atoms with van der Waals surface area (Å²) in [6, 6.07) is 9.58. The van der Waals surface area contributed by atoms with Gasteiger partial charge in [-0.05, 0) is 24.3 Å². The summed E-state index contributed by atoms with van der Waals surface area (Å²) in [6.07, 6.45) is 1.61. The van der Waals surface area contributed by atoms with E-state index >= 15 is 0 Å². The van der Waals surface area contributed by atoms with E-state index in [4.69, 9.17) is 10.00 Å². The first-order valence-corrected chi connectivity index (χ1v) is 9.11. The Morgan fingerprint density at radius 1 is 1.12 bits per heavy atom. The lowest BCUT2D eigenvalue weighted by Crippen LogP contribution is -2.49. The molecule has 1 aliphatic heterocycles. The van der Waals surface area contributed by atoms with Gasteiger partial charge in [0.25, 0.3) is 0 Å². The Morgan fingerprint density at radius 2 is 1.80 bits per heavy atom. The van der Waals surface area contributed by atoms with E-state index in [1.165, 1.54) is 35.7 Å². The first kappa shape index (κ1) is 17.1. The molecule has 0 unspecified atom stereocenters. The van der Waals surface area contributed by atoms with Crippen molar-refractivity contribution in [2.24, 2.45) is 0 Å². The van der Waals surface area contributed by atoms with E-state index in [1.54, 1.807) is 12.3 Å². The Balaban J connectivity index is 1.71. The summed E-state index contributed by atoms with van der Waals surface area (Å²) >= 11 is 0. The molecule has 130 valence electrons. The van der Waals surface area contributed by atoms with E-state index in [2.05, 4.69) is 9.97 Å². The molecule has 0 N–H and O–H groups in total. The van der Waals surface area contributed by atoms with Gasteiger partial charge in [0, 0.05) is 38.4 Å². The number of piperazine rings is 1. The number of methoxy groups -OCH3 is 1. The van der Waals surface area contributed by atoms with Gasteiger partial charge in [-0.15, -0.1) is 0 Å². The highest BCUT2D eigenvalue weighted by molar-refractivity contribution is 7.89. The molecule has 0 saturated carbocycles. The Hall–Kier alpha value is -2.70. The number of nitriles is 1. The van der Waals surface area contributed by atoms with Gasteiger partial charge in [0.2, 0.25) is 21.9 Å². The Morgan fingerprint density at radius 3 is 2.40 bits per heavy atom. The third-order valence-corrected chi connectivity index (χ3v) is 5.88. The summed E-state index contributed by atoms with van der Waals surface area (Å²) in [5.41, 5.74) is 0.430. The molecular weight excluding hydrogens is 342 g/mol. The van der Waals surface area contributed by atoms with E-state index in [-0.39, 0.29) is 4.90 Å². The van der Waals surface area contributed by atoms with Crippen molar-refractivity contribution in [2.75, 3.05) is 38.2 Å². The molecule has 0 spiro atoms. The molecule has 2 heterocycles. The number of rotatable bonds is 4. The topological polar surface area (TPSA) is 99.4 Å². The normalized spacial score (nSPS) is 15.6. The van der Waals surface area contributed by atoms with Crippen molar-refractivity contribution in [2.45, 2.75) is 4.90 Å². The molecule has 9 heteroatoms. The fourth-order valence-electron chi connectivity index (χ4n) is 2.58. The van der Waals surface area contributed by atoms with Crippen molar-refractivity contribution in [3.63, 3.8) is 0 Å². The van der Waals surface area contributed by atoms with Crippen molar-refractivity contribution < 1.29 is 13.2 Å². The van der Waals surface area contributed by atoms with Gasteiger partial charge in [-0.1, -0.05) is 0 Å². The van der Waals surface area contributed by atoms with Crippen LogP contribution in [0.15, 0.2) is 41.4 Å². The van der Waals surface area contributed by atoms with Gasteiger partial charge in [0.1, 0.15) is 0 Å². The zero-order valence-corrected chi connectivity index (χ0v) is 14.5. The molecule has 3 rings (SSSR count). The van der Waals surface area contributed by atoms with Crippen LogP contribution in [0, 0.1) is 11.3 Å². The maximum atomic E-state index is 12.7. The number of aromatic nitrogens is 2. The zero-order valence-electron chi connectivity index (χ0n) is 13.7. The van der Waals surface area contributed by atoms with Gasteiger partial charge in [0.05, 0.1) is 23.6 Å². The predicted molar refractivity (Wildman–Crippen MR) is 90.7 cm³/mol. The van der Waals surface area contributed by atoms with Gasteiger partial charge < -0.3 is 9.64 Å². The average Bonchev–Trinajstić information content (AvgIpc) is 2.68. The largest absolute Gasteiger partial charge is 0.481 e. The standard InChI is InChI=1S/C16H17N5O3S/c1-24-15-6-7-18-16(19-15)20-8-10-21(11-9-20)25(22,23)14-4-2-13(12-17)3-5-14/h2-7H,8-11H2,1H3. The Kier molecular flexibility index (Phi) is 4.83. The molecule has 25 heavy (non-hydrogen) atoms. The van der Waals surface area contributed by atoms with Crippen molar-refractivity contribution in [1.29, 1.82) is 5.26 Å². The second-order valence-corrected chi connectivity index (χ2v) is 7.36.